The third-order valence-electron chi connectivity index (χ3n) is 0. The van der Waals surface area contributed by atoms with E-state index in [2.05, 4.69) is 0 Å². The van der Waals surface area contributed by atoms with Gasteiger partial charge in [-0.2, -0.15) is 0 Å². The van der Waals surface area contributed by atoms with Crippen LogP contribution in [0.1, 0.15) is 0 Å². The molecule has 0 N–H and O–H groups in total. The first-order chi connectivity index (χ1) is 1.41. The van der Waals surface area contributed by atoms with Gasteiger partial charge in [0.05, 0.1) is 0 Å². The molecule has 0 aliphatic heterocycles. The van der Waals surface area contributed by atoms with Crippen LogP contribution in [0.25, 0.3) is 0 Å². The number of carbonyl (C=O) groups excluding carboxylic acids is 1. The third-order valence-corrected chi connectivity index (χ3v) is 0. The fourth-order valence-corrected chi connectivity index (χ4v) is 0. The molecule has 0 radical (unpaired) electrons. The number of rotatable bonds is 0. The second-order valence-electron chi connectivity index (χ2n) is 0.0962. The molecule has 0 aromatic carbocycles. The van der Waals surface area contributed by atoms with Crippen LogP contribution in [-0.2, 0) is 4.79 Å². The van der Waals surface area contributed by atoms with Crippen molar-refractivity contribution in [3.8, 4) is 0 Å². The van der Waals surface area contributed by atoms with E-state index in [-0.39, 0.29) is 48.4 Å². The maximum Gasteiger partial charge on any atom is 1.00 e. The van der Waals surface area contributed by atoms with Crippen molar-refractivity contribution >= 4 is 6.47 Å². The van der Waals surface area contributed by atoms with Crippen molar-refractivity contribution in [1.82, 2.24) is 0 Å². The van der Waals surface area contributed by atoms with E-state index >= 15 is 0 Å². The third kappa shape index (κ3) is 41.8. The first-order valence-corrected chi connectivity index (χ1v) is 0.471. The first-order valence-electron chi connectivity index (χ1n) is 0.471. The molecule has 0 heterocycles. The summed E-state index contributed by atoms with van der Waals surface area (Å²) in [6, 6.07) is 0. The molecule has 18 valence electrons. The molecule has 0 atom stereocenters. The Labute approximate surface area is 64.4 Å². The predicted molar refractivity (Wildman–Crippen MR) is 6.06 cm³/mol. The Morgan fingerprint density at radius 2 is 1.60 bits per heavy atom. The fraction of sp³-hybridized carbons (Fsp3) is 0. The summed E-state index contributed by atoms with van der Waals surface area (Å²) in [5, 5.41) is 8.25. The van der Waals surface area contributed by atoms with Crippen LogP contribution in [0.2, 0.25) is 0 Å². The van der Waals surface area contributed by atoms with Crippen molar-refractivity contribution in [1.29, 1.82) is 0 Å². The first kappa shape index (κ1) is 16.6. The van der Waals surface area contributed by atoms with Gasteiger partial charge in [0.2, 0.25) is 0 Å². The van der Waals surface area contributed by atoms with Crippen molar-refractivity contribution in [2.45, 2.75) is 0 Å². The van der Waals surface area contributed by atoms with Gasteiger partial charge in [-0.1, -0.05) is 0 Å². The Bertz CT molecular complexity index is 17.1. The molecule has 0 bridgehead atoms. The minimum absolute atomic E-state index is 0. The number of carbonyl (C=O) groups is 1. The fourth-order valence-electron chi connectivity index (χ4n) is 0. The molecule has 0 saturated heterocycles. The maximum atomic E-state index is 8.25. The van der Waals surface area contributed by atoms with Gasteiger partial charge in [-0.15, -0.1) is 0 Å². The van der Waals surface area contributed by atoms with E-state index in [9.17, 15) is 0 Å². The second kappa shape index (κ2) is 19.6. The molecule has 0 spiro atoms. The van der Waals surface area contributed by atoms with E-state index in [1.54, 1.807) is 0 Å². The van der Waals surface area contributed by atoms with E-state index in [0.29, 0.717) is 0 Å². The minimum Gasteiger partial charge on any atom is -0.554 e. The van der Waals surface area contributed by atoms with Gasteiger partial charge in [0, 0.05) is 6.47 Å². The molecule has 4 heteroatoms. The molecule has 0 unspecified atom stereocenters. The van der Waals surface area contributed by atoms with Gasteiger partial charge in [-0.05, 0) is 0 Å². The van der Waals surface area contributed by atoms with Gasteiger partial charge in [-0.25, -0.2) is 0 Å². The number of hydrogen-bond acceptors (Lipinski definition) is 2. The zero-order valence-corrected chi connectivity index (χ0v) is 5.39. The van der Waals surface area contributed by atoms with Crippen LogP contribution < -0.4 is 53.5 Å². The summed E-state index contributed by atoms with van der Waals surface area (Å²) in [5.41, 5.74) is 0. The quantitative estimate of drug-likeness (QED) is 0.212. The Hall–Kier alpha value is 1.07. The number of hydrogen-bond donors (Lipinski definition) is 0. The van der Waals surface area contributed by atoms with Crippen LogP contribution in [0.4, 0.5) is 0 Å². The maximum absolute atomic E-state index is 8.25. The number of carboxylic acid groups (broad SMARTS) is 1. The normalized spacial score (nSPS) is 2.40. The summed E-state index contributed by atoms with van der Waals surface area (Å²) < 4.78 is 0. The second-order valence-corrected chi connectivity index (χ2v) is 0.0962. The van der Waals surface area contributed by atoms with Crippen LogP contribution in [0.3, 0.4) is 0 Å². The smallest absolute Gasteiger partial charge is 0.554 e. The molecule has 0 aliphatic rings. The van der Waals surface area contributed by atoms with E-state index in [1.165, 1.54) is 0 Å². The van der Waals surface area contributed by atoms with Gasteiger partial charge in [-0.3, -0.25) is 0 Å². The molecule has 0 aliphatic carbocycles. The van der Waals surface area contributed by atoms with E-state index in [0.717, 1.165) is 0 Å². The Kier molecular flexibility index (Phi) is 65.0. The summed E-state index contributed by atoms with van der Waals surface area (Å²) in [5.74, 6) is 0. The summed E-state index contributed by atoms with van der Waals surface area (Å²) in [7, 11) is 0. The molecule has 0 rings (SSSR count). The average Bonchev–Trinajstić information content (AvgIpc) is 0.918. The molecule has 0 saturated carbocycles. The summed E-state index contributed by atoms with van der Waals surface area (Å²) in [4.78, 5) is 8.25. The topological polar surface area (TPSA) is 40.1 Å². The monoisotopic (exact) mass is 75.0 g/mol. The van der Waals surface area contributed by atoms with E-state index < -0.39 is 6.47 Å². The van der Waals surface area contributed by atoms with Crippen molar-refractivity contribution < 1.29 is 58.3 Å². The van der Waals surface area contributed by atoms with E-state index in [1.807, 2.05) is 0 Å². The summed E-state index contributed by atoms with van der Waals surface area (Å²) in [6.45, 7) is -0.500. The van der Waals surface area contributed by atoms with Crippen molar-refractivity contribution in [2.24, 2.45) is 0 Å². The molecular formula is CHLiNaO2+. The summed E-state index contributed by atoms with van der Waals surface area (Å²) >= 11 is 0. The minimum atomic E-state index is -0.500. The molecule has 0 aromatic heterocycles. The predicted octanol–water partition coefficient (Wildman–Crippen LogP) is -7.63. The Morgan fingerprint density at radius 3 is 1.60 bits per heavy atom. The largest absolute Gasteiger partial charge is 1.00 e. The average molecular weight is 74.9 g/mol. The molecule has 5 heavy (non-hydrogen) atoms. The molecular weight excluding hydrogens is 73.9 g/mol. The van der Waals surface area contributed by atoms with Crippen molar-refractivity contribution in [2.75, 3.05) is 0 Å². The van der Waals surface area contributed by atoms with Crippen molar-refractivity contribution in [3.63, 3.8) is 0 Å². The molecule has 0 fully saturated rings. The van der Waals surface area contributed by atoms with Crippen molar-refractivity contribution in [3.05, 3.63) is 0 Å². The van der Waals surface area contributed by atoms with Gasteiger partial charge in [0.25, 0.3) is 0 Å². The summed E-state index contributed by atoms with van der Waals surface area (Å²) in [6.07, 6.45) is 0. The Morgan fingerprint density at radius 1 is 1.60 bits per heavy atom. The van der Waals surface area contributed by atoms with Crippen LogP contribution in [0.5, 0.6) is 0 Å². The van der Waals surface area contributed by atoms with E-state index in [4.69, 9.17) is 9.90 Å². The Balaban J connectivity index is -0.0000000200. The van der Waals surface area contributed by atoms with Gasteiger partial charge in [0.15, 0.2) is 0 Å². The molecule has 0 aromatic rings. The van der Waals surface area contributed by atoms with Gasteiger partial charge < -0.3 is 9.90 Å². The molecule has 2 nitrogen and oxygen atoms in total. The standard InChI is InChI=1S/CH2O2.Li.Na/c2-1-3;;/h1H,(H,2,3);;/q;2*+1/p-1. The van der Waals surface area contributed by atoms with Gasteiger partial charge in [0.1, 0.15) is 0 Å². The zero-order valence-electron chi connectivity index (χ0n) is 3.39. The molecule has 0 amide bonds. The van der Waals surface area contributed by atoms with Crippen LogP contribution >= 0.6 is 0 Å². The van der Waals surface area contributed by atoms with Gasteiger partial charge >= 0.3 is 48.4 Å². The van der Waals surface area contributed by atoms with Crippen LogP contribution in [-0.4, -0.2) is 6.47 Å². The van der Waals surface area contributed by atoms with Crippen LogP contribution in [0, 0.1) is 0 Å². The SMILES string of the molecule is O=C[O-].[Li+].[Na+]. The van der Waals surface area contributed by atoms with Crippen LogP contribution in [0.15, 0.2) is 0 Å². The zero-order chi connectivity index (χ0) is 2.71.